The second-order valence-electron chi connectivity index (χ2n) is 8.44. The Balaban J connectivity index is 1.71. The zero-order chi connectivity index (χ0) is 24.4. The molecule has 0 saturated carbocycles. The summed E-state index contributed by atoms with van der Waals surface area (Å²) in [5.74, 6) is -0.208. The van der Waals surface area contributed by atoms with E-state index in [-0.39, 0.29) is 5.69 Å². The summed E-state index contributed by atoms with van der Waals surface area (Å²) in [5, 5.41) is 14.8. The van der Waals surface area contributed by atoms with Crippen molar-refractivity contribution in [3.63, 3.8) is 0 Å². The average molecular weight is 487 g/mol. The lowest BCUT2D eigenvalue weighted by molar-refractivity contribution is 0.0687. The van der Waals surface area contributed by atoms with Crippen LogP contribution < -0.4 is 10.1 Å². The molecule has 178 valence electrons. The largest absolute Gasteiger partial charge is 0.497 e. The van der Waals surface area contributed by atoms with Crippen LogP contribution in [-0.4, -0.2) is 38.0 Å². The molecule has 5 rings (SSSR count). The number of anilines is 1. The van der Waals surface area contributed by atoms with Crippen LogP contribution in [0.3, 0.4) is 0 Å². The maximum absolute atomic E-state index is 12.7. The molecule has 3 aromatic carbocycles. The average Bonchev–Trinajstić information content (AvgIpc) is 3.46. The van der Waals surface area contributed by atoms with E-state index in [0.29, 0.717) is 12.1 Å². The molecule has 0 atom stereocenters. The molecule has 0 bridgehead atoms. The van der Waals surface area contributed by atoms with Crippen molar-refractivity contribution in [1.82, 2.24) is 13.3 Å². The highest BCUT2D eigenvalue weighted by atomic mass is 32.1. The summed E-state index contributed by atoms with van der Waals surface area (Å²) in [6, 6.07) is 19.5. The Morgan fingerprint density at radius 1 is 1.06 bits per heavy atom. The summed E-state index contributed by atoms with van der Waals surface area (Å²) >= 11 is 1.15. The Morgan fingerprint density at radius 2 is 1.86 bits per heavy atom. The second kappa shape index (κ2) is 9.76. The zero-order valence-corrected chi connectivity index (χ0v) is 20.4. The minimum Gasteiger partial charge on any atom is -0.497 e. The van der Waals surface area contributed by atoms with Crippen molar-refractivity contribution >= 4 is 45.3 Å². The number of nitrogens with zero attached hydrogens (tertiary/aromatic N) is 3. The summed E-state index contributed by atoms with van der Waals surface area (Å²) in [4.78, 5) is 12.7. The van der Waals surface area contributed by atoms with Crippen LogP contribution in [0, 0.1) is 0 Å². The lowest BCUT2D eigenvalue weighted by Gasteiger charge is -2.11. The molecular weight excluding hydrogens is 460 g/mol. The second-order valence-corrected chi connectivity index (χ2v) is 8.97. The molecule has 2 heterocycles. The van der Waals surface area contributed by atoms with Crippen molar-refractivity contribution in [2.45, 2.75) is 26.3 Å². The highest BCUT2D eigenvalue weighted by molar-refractivity contribution is 7.00. The van der Waals surface area contributed by atoms with Gasteiger partial charge < -0.3 is 19.7 Å². The lowest BCUT2D eigenvalue weighted by Crippen LogP contribution is -2.10. The van der Waals surface area contributed by atoms with Crippen LogP contribution in [0.4, 0.5) is 5.69 Å². The molecular formula is C27H26N4O3S. The Hall–Kier alpha value is -3.91. The molecule has 5 aromatic rings. The molecule has 0 radical (unpaired) electrons. The first-order chi connectivity index (χ1) is 17.1. The highest BCUT2D eigenvalue weighted by Crippen LogP contribution is 2.38. The first-order valence-corrected chi connectivity index (χ1v) is 12.3. The van der Waals surface area contributed by atoms with Crippen LogP contribution in [0.15, 0.2) is 60.7 Å². The molecule has 35 heavy (non-hydrogen) atoms. The molecule has 0 spiro atoms. The van der Waals surface area contributed by atoms with Gasteiger partial charge in [0.25, 0.3) is 0 Å². The van der Waals surface area contributed by atoms with Gasteiger partial charge in [0.05, 0.1) is 18.8 Å². The van der Waals surface area contributed by atoms with Gasteiger partial charge in [-0.1, -0.05) is 31.5 Å². The predicted octanol–water partition coefficient (Wildman–Crippen LogP) is 6.28. The standard InChI is InChI=1S/C27H26N4O3S/c1-3-4-13-28-19-8-12-24-21(15-19)25(18-7-11-22-23(14-18)30-35-29-22)26(27(32)33)31(24)16-17-5-9-20(34-2)10-6-17/h5-12,14-15,28H,3-4,13,16H2,1-2H3,(H,32,33). The minimum atomic E-state index is -0.971. The molecule has 0 aliphatic carbocycles. The zero-order valence-electron chi connectivity index (χ0n) is 19.6. The van der Waals surface area contributed by atoms with Gasteiger partial charge in [-0.25, -0.2) is 4.79 Å². The number of rotatable bonds is 9. The van der Waals surface area contributed by atoms with E-state index in [0.717, 1.165) is 75.6 Å². The van der Waals surface area contributed by atoms with E-state index in [2.05, 4.69) is 27.1 Å². The molecule has 0 aliphatic rings. The fraction of sp³-hybridized carbons (Fsp3) is 0.222. The third-order valence-corrected chi connectivity index (χ3v) is 6.72. The van der Waals surface area contributed by atoms with Gasteiger partial charge >= 0.3 is 5.97 Å². The molecule has 0 fully saturated rings. The number of nitrogens with one attached hydrogen (secondary N) is 1. The maximum atomic E-state index is 12.7. The summed E-state index contributed by atoms with van der Waals surface area (Å²) in [6.07, 6.45) is 2.17. The van der Waals surface area contributed by atoms with E-state index in [1.54, 1.807) is 7.11 Å². The van der Waals surface area contributed by atoms with Gasteiger partial charge in [0.2, 0.25) is 0 Å². The molecule has 0 aliphatic heterocycles. The molecule has 0 saturated heterocycles. The molecule has 2 aromatic heterocycles. The Labute approximate surface area is 207 Å². The van der Waals surface area contributed by atoms with Gasteiger partial charge in [0, 0.05) is 35.2 Å². The number of ether oxygens (including phenoxy) is 1. The van der Waals surface area contributed by atoms with Crippen molar-refractivity contribution in [3.8, 4) is 16.9 Å². The Morgan fingerprint density at radius 3 is 2.60 bits per heavy atom. The number of aromatic carboxylic acids is 1. The topological polar surface area (TPSA) is 89.3 Å². The van der Waals surface area contributed by atoms with E-state index in [4.69, 9.17) is 4.74 Å². The van der Waals surface area contributed by atoms with Crippen LogP contribution in [0.2, 0.25) is 0 Å². The van der Waals surface area contributed by atoms with Gasteiger partial charge in [-0.3, -0.25) is 0 Å². The number of aromatic nitrogens is 3. The summed E-state index contributed by atoms with van der Waals surface area (Å²) in [6.45, 7) is 3.45. The summed E-state index contributed by atoms with van der Waals surface area (Å²) in [5.41, 5.74) is 6.15. The van der Waals surface area contributed by atoms with Gasteiger partial charge in [-0.15, -0.1) is 0 Å². The third-order valence-electron chi connectivity index (χ3n) is 6.17. The van der Waals surface area contributed by atoms with E-state index in [1.807, 2.05) is 59.2 Å². The number of hydrogen-bond acceptors (Lipinski definition) is 6. The van der Waals surface area contributed by atoms with Gasteiger partial charge in [0.15, 0.2) is 0 Å². The predicted molar refractivity (Wildman–Crippen MR) is 141 cm³/mol. The Kier molecular flexibility index (Phi) is 6.37. The number of methoxy groups -OCH3 is 1. The van der Waals surface area contributed by atoms with Crippen LogP contribution >= 0.6 is 11.7 Å². The number of benzene rings is 3. The van der Waals surface area contributed by atoms with Crippen LogP contribution in [0.25, 0.3) is 33.1 Å². The number of fused-ring (bicyclic) bond motifs is 2. The highest BCUT2D eigenvalue weighted by Gasteiger charge is 2.24. The number of carboxylic acids is 1. The fourth-order valence-electron chi connectivity index (χ4n) is 4.40. The fourth-order valence-corrected chi connectivity index (χ4v) is 4.92. The van der Waals surface area contributed by atoms with Gasteiger partial charge in [0.1, 0.15) is 22.5 Å². The van der Waals surface area contributed by atoms with Crippen molar-refractivity contribution < 1.29 is 14.6 Å². The lowest BCUT2D eigenvalue weighted by atomic mass is 10.0. The minimum absolute atomic E-state index is 0.254. The monoisotopic (exact) mass is 486 g/mol. The van der Waals surface area contributed by atoms with Crippen molar-refractivity contribution in [2.24, 2.45) is 0 Å². The van der Waals surface area contributed by atoms with Crippen molar-refractivity contribution in [2.75, 3.05) is 19.0 Å². The smallest absolute Gasteiger partial charge is 0.353 e. The van der Waals surface area contributed by atoms with E-state index in [1.165, 1.54) is 0 Å². The number of carbonyl (C=O) groups is 1. The first-order valence-electron chi connectivity index (χ1n) is 11.6. The van der Waals surface area contributed by atoms with Crippen LogP contribution in [0.1, 0.15) is 35.8 Å². The van der Waals surface area contributed by atoms with Gasteiger partial charge in [-0.2, -0.15) is 8.75 Å². The SMILES string of the molecule is CCCCNc1ccc2c(c1)c(-c1ccc3nsnc3c1)c(C(=O)O)n2Cc1ccc(OC)cc1. The van der Waals surface area contributed by atoms with Crippen LogP contribution in [0.5, 0.6) is 5.75 Å². The first kappa shape index (κ1) is 22.9. The number of hydrogen-bond donors (Lipinski definition) is 2. The summed E-state index contributed by atoms with van der Waals surface area (Å²) in [7, 11) is 1.63. The van der Waals surface area contributed by atoms with E-state index < -0.39 is 5.97 Å². The molecule has 0 amide bonds. The molecule has 2 N–H and O–H groups in total. The molecule has 8 heteroatoms. The van der Waals surface area contributed by atoms with E-state index in [9.17, 15) is 9.90 Å². The van der Waals surface area contributed by atoms with Crippen molar-refractivity contribution in [3.05, 3.63) is 71.9 Å². The summed E-state index contributed by atoms with van der Waals surface area (Å²) < 4.78 is 15.8. The molecule has 0 unspecified atom stereocenters. The molecule has 7 nitrogen and oxygen atoms in total. The third kappa shape index (κ3) is 4.44. The van der Waals surface area contributed by atoms with Crippen LogP contribution in [-0.2, 0) is 6.54 Å². The normalized spacial score (nSPS) is 11.3. The number of carboxylic acid groups (broad SMARTS) is 1. The van der Waals surface area contributed by atoms with Gasteiger partial charge in [-0.05, 0) is 60.0 Å². The van der Waals surface area contributed by atoms with Crippen molar-refractivity contribution in [1.29, 1.82) is 0 Å². The maximum Gasteiger partial charge on any atom is 0.353 e. The number of unbranched alkanes of at least 4 members (excludes halogenated alkanes) is 1. The van der Waals surface area contributed by atoms with E-state index >= 15 is 0 Å². The quantitative estimate of drug-likeness (QED) is 0.238. The Bertz CT molecular complexity index is 1500.